The van der Waals surface area contributed by atoms with Crippen LogP contribution in [0.25, 0.3) is 28.0 Å². The predicted octanol–water partition coefficient (Wildman–Crippen LogP) is 1.73. The summed E-state index contributed by atoms with van der Waals surface area (Å²) >= 11 is 0. The summed E-state index contributed by atoms with van der Waals surface area (Å²) < 4.78 is 1.68. The van der Waals surface area contributed by atoms with E-state index in [0.717, 1.165) is 22.2 Å². The van der Waals surface area contributed by atoms with Crippen LogP contribution in [0, 0.1) is 0 Å². The van der Waals surface area contributed by atoms with Gasteiger partial charge in [-0.2, -0.15) is 9.78 Å². The number of fused-ring (bicyclic) bond motifs is 2. The predicted molar refractivity (Wildman–Crippen MR) is 75.9 cm³/mol. The molecule has 98 valence electrons. The average Bonchev–Trinajstić information content (AvgIpc) is 3.09. The van der Waals surface area contributed by atoms with Gasteiger partial charge in [-0.1, -0.05) is 12.1 Å². The van der Waals surface area contributed by atoms with E-state index >= 15 is 0 Å². The van der Waals surface area contributed by atoms with Gasteiger partial charge in [-0.05, 0) is 12.1 Å². The normalized spacial score (nSPS) is 11.2. The number of aromatic nitrogens is 6. The van der Waals surface area contributed by atoms with Crippen LogP contribution in [-0.2, 0) is 0 Å². The Labute approximate surface area is 113 Å². The van der Waals surface area contributed by atoms with E-state index in [1.54, 1.807) is 10.9 Å². The summed E-state index contributed by atoms with van der Waals surface area (Å²) in [7, 11) is 1.82. The molecule has 0 amide bonds. The van der Waals surface area contributed by atoms with Gasteiger partial charge in [0, 0.05) is 7.05 Å². The average molecular weight is 265 g/mol. The zero-order valence-electron chi connectivity index (χ0n) is 10.7. The molecule has 0 unspecified atom stereocenters. The fraction of sp³-hybridized carbons (Fsp3) is 0.0769. The quantitative estimate of drug-likeness (QED) is 0.576. The fourth-order valence-electron chi connectivity index (χ4n) is 2.24. The molecule has 1 aromatic carbocycles. The number of nitrogens with one attached hydrogen (secondary N) is 2. The lowest BCUT2D eigenvalue weighted by Gasteiger charge is -2.00. The minimum Gasteiger partial charge on any atom is -0.372 e. The molecule has 4 rings (SSSR count). The zero-order chi connectivity index (χ0) is 13.5. The molecule has 0 radical (unpaired) electrons. The van der Waals surface area contributed by atoms with Crippen molar-refractivity contribution in [3.05, 3.63) is 36.8 Å². The van der Waals surface area contributed by atoms with E-state index in [1.165, 1.54) is 6.33 Å². The molecule has 0 saturated carbocycles. The second-order valence-corrected chi connectivity index (χ2v) is 4.34. The van der Waals surface area contributed by atoms with Gasteiger partial charge in [-0.3, -0.25) is 0 Å². The van der Waals surface area contributed by atoms with Crippen molar-refractivity contribution in [1.82, 2.24) is 29.7 Å². The van der Waals surface area contributed by atoms with Crippen LogP contribution in [0.2, 0.25) is 0 Å². The first-order chi connectivity index (χ1) is 9.86. The van der Waals surface area contributed by atoms with Gasteiger partial charge in [0.05, 0.1) is 22.6 Å². The van der Waals surface area contributed by atoms with Gasteiger partial charge >= 0.3 is 0 Å². The Bertz CT molecular complexity index is 872. The molecule has 20 heavy (non-hydrogen) atoms. The van der Waals surface area contributed by atoms with Crippen LogP contribution in [0.3, 0.4) is 0 Å². The van der Waals surface area contributed by atoms with E-state index in [4.69, 9.17) is 0 Å². The molecule has 7 heteroatoms. The van der Waals surface area contributed by atoms with E-state index in [9.17, 15) is 0 Å². The lowest BCUT2D eigenvalue weighted by atomic mass is 10.3. The first-order valence-electron chi connectivity index (χ1n) is 6.18. The molecule has 0 saturated heterocycles. The van der Waals surface area contributed by atoms with Crippen LogP contribution < -0.4 is 5.32 Å². The summed E-state index contributed by atoms with van der Waals surface area (Å²) in [6.07, 6.45) is 3.24. The number of H-pyrrole nitrogens is 1. The Morgan fingerprint density at radius 3 is 2.95 bits per heavy atom. The molecular weight excluding hydrogens is 254 g/mol. The highest BCUT2D eigenvalue weighted by atomic mass is 15.4. The second-order valence-electron chi connectivity index (χ2n) is 4.34. The summed E-state index contributed by atoms with van der Waals surface area (Å²) in [5.41, 5.74) is 2.58. The molecule has 4 aromatic rings. The van der Waals surface area contributed by atoms with Crippen molar-refractivity contribution in [3.8, 4) is 5.95 Å². The van der Waals surface area contributed by atoms with Gasteiger partial charge < -0.3 is 10.3 Å². The van der Waals surface area contributed by atoms with E-state index < -0.39 is 0 Å². The van der Waals surface area contributed by atoms with Gasteiger partial charge in [0.2, 0.25) is 5.95 Å². The topological polar surface area (TPSA) is 84.3 Å². The van der Waals surface area contributed by atoms with E-state index in [-0.39, 0.29) is 0 Å². The Hall–Kier alpha value is -2.96. The van der Waals surface area contributed by atoms with Gasteiger partial charge in [-0.15, -0.1) is 0 Å². The first kappa shape index (κ1) is 10.9. The standard InChI is InChI=1S/C13H11N7/c1-14-11-8-6-17-20(12(8)16-7-15-11)13-18-9-4-2-3-5-10(9)19-13/h2-7H,1H3,(H,18,19)(H,14,15,16). The number of nitrogens with zero attached hydrogens (tertiary/aromatic N) is 5. The van der Waals surface area contributed by atoms with E-state index in [1.807, 2.05) is 31.3 Å². The van der Waals surface area contributed by atoms with Crippen LogP contribution in [-0.4, -0.2) is 36.8 Å². The van der Waals surface area contributed by atoms with Crippen molar-refractivity contribution >= 4 is 27.9 Å². The lowest BCUT2D eigenvalue weighted by Crippen LogP contribution is -2.01. The summed E-state index contributed by atoms with van der Waals surface area (Å²) in [6.45, 7) is 0. The minimum absolute atomic E-state index is 0.641. The highest BCUT2D eigenvalue weighted by Crippen LogP contribution is 2.21. The third kappa shape index (κ3) is 1.46. The van der Waals surface area contributed by atoms with Crippen LogP contribution >= 0.6 is 0 Å². The highest BCUT2D eigenvalue weighted by Gasteiger charge is 2.12. The van der Waals surface area contributed by atoms with Crippen LogP contribution in [0.1, 0.15) is 0 Å². The second kappa shape index (κ2) is 4.02. The number of aromatic amines is 1. The molecule has 3 aromatic heterocycles. The molecule has 0 aliphatic rings. The zero-order valence-corrected chi connectivity index (χ0v) is 10.7. The van der Waals surface area contributed by atoms with Gasteiger partial charge in [0.15, 0.2) is 5.65 Å². The van der Waals surface area contributed by atoms with Crippen molar-refractivity contribution in [2.45, 2.75) is 0 Å². The number of benzene rings is 1. The van der Waals surface area contributed by atoms with Crippen LogP contribution in [0.4, 0.5) is 5.82 Å². The Morgan fingerprint density at radius 1 is 1.20 bits per heavy atom. The van der Waals surface area contributed by atoms with Crippen molar-refractivity contribution in [1.29, 1.82) is 0 Å². The lowest BCUT2D eigenvalue weighted by molar-refractivity contribution is 0.844. The SMILES string of the molecule is CNc1ncnc2c1cnn2-c1nc2ccccc2[nH]1. The van der Waals surface area contributed by atoms with Gasteiger partial charge in [0.25, 0.3) is 0 Å². The van der Waals surface area contributed by atoms with E-state index in [2.05, 4.69) is 30.4 Å². The maximum atomic E-state index is 4.52. The van der Waals surface area contributed by atoms with Crippen molar-refractivity contribution < 1.29 is 0 Å². The number of anilines is 1. The summed E-state index contributed by atoms with van der Waals surface area (Å²) in [5, 5.41) is 8.23. The van der Waals surface area contributed by atoms with Crippen molar-refractivity contribution in [2.24, 2.45) is 0 Å². The molecule has 0 spiro atoms. The number of hydrogen-bond donors (Lipinski definition) is 2. The number of para-hydroxylation sites is 2. The summed E-state index contributed by atoms with van der Waals surface area (Å²) in [4.78, 5) is 16.2. The third-order valence-electron chi connectivity index (χ3n) is 3.18. The number of rotatable bonds is 2. The monoisotopic (exact) mass is 265 g/mol. The molecule has 0 aliphatic carbocycles. The highest BCUT2D eigenvalue weighted by molar-refractivity contribution is 5.87. The molecule has 2 N–H and O–H groups in total. The third-order valence-corrected chi connectivity index (χ3v) is 3.18. The Balaban J connectivity index is 1.98. The summed E-state index contributed by atoms with van der Waals surface area (Å²) in [6, 6.07) is 7.85. The van der Waals surface area contributed by atoms with Gasteiger partial charge in [-0.25, -0.2) is 15.0 Å². The Morgan fingerprint density at radius 2 is 2.10 bits per heavy atom. The van der Waals surface area contributed by atoms with Crippen LogP contribution in [0.15, 0.2) is 36.8 Å². The van der Waals surface area contributed by atoms with Crippen molar-refractivity contribution in [3.63, 3.8) is 0 Å². The minimum atomic E-state index is 0.641. The van der Waals surface area contributed by atoms with E-state index in [0.29, 0.717) is 11.6 Å². The summed E-state index contributed by atoms with van der Waals surface area (Å²) in [5.74, 6) is 1.39. The molecule has 0 atom stereocenters. The maximum Gasteiger partial charge on any atom is 0.231 e. The molecular formula is C13H11N7. The largest absolute Gasteiger partial charge is 0.372 e. The smallest absolute Gasteiger partial charge is 0.231 e. The number of imidazole rings is 1. The maximum absolute atomic E-state index is 4.52. The van der Waals surface area contributed by atoms with Crippen LogP contribution in [0.5, 0.6) is 0 Å². The van der Waals surface area contributed by atoms with Crippen molar-refractivity contribution in [2.75, 3.05) is 12.4 Å². The molecule has 3 heterocycles. The number of hydrogen-bond acceptors (Lipinski definition) is 5. The molecule has 0 bridgehead atoms. The molecule has 7 nitrogen and oxygen atoms in total. The molecule has 0 aliphatic heterocycles. The molecule has 0 fully saturated rings. The Kier molecular flexibility index (Phi) is 2.19. The first-order valence-corrected chi connectivity index (χ1v) is 6.18. The fourth-order valence-corrected chi connectivity index (χ4v) is 2.24. The van der Waals surface area contributed by atoms with Gasteiger partial charge in [0.1, 0.15) is 12.1 Å².